The Hall–Kier alpha value is -0.300. The third kappa shape index (κ3) is 3.91. The third-order valence-electron chi connectivity index (χ3n) is 2.70. The minimum absolute atomic E-state index is 0.937. The van der Waals surface area contributed by atoms with Crippen LogP contribution in [0, 0.1) is 5.92 Å². The number of rotatable bonds is 4. The van der Waals surface area contributed by atoms with Crippen molar-refractivity contribution in [2.45, 2.75) is 38.5 Å². The van der Waals surface area contributed by atoms with Crippen LogP contribution in [0.1, 0.15) is 38.5 Å². The van der Waals surface area contributed by atoms with Gasteiger partial charge in [0.1, 0.15) is 0 Å². The molecule has 0 aliphatic heterocycles. The van der Waals surface area contributed by atoms with Crippen LogP contribution in [0.4, 0.5) is 0 Å². The van der Waals surface area contributed by atoms with E-state index >= 15 is 0 Å². The van der Waals surface area contributed by atoms with Gasteiger partial charge in [-0.15, -0.1) is 6.58 Å². The molecule has 0 aromatic rings. The quantitative estimate of drug-likeness (QED) is 0.385. The Morgan fingerprint density at radius 2 is 1.83 bits per heavy atom. The topological polar surface area (TPSA) is 12.0 Å². The van der Waals surface area contributed by atoms with Crippen molar-refractivity contribution in [2.75, 3.05) is 13.1 Å². The molecule has 70 valence electrons. The van der Waals surface area contributed by atoms with Crippen LogP contribution in [0.5, 0.6) is 0 Å². The Balaban J connectivity index is 2.07. The molecule has 1 nitrogen and oxygen atoms in total. The summed E-state index contributed by atoms with van der Waals surface area (Å²) in [7, 11) is 0. The van der Waals surface area contributed by atoms with Gasteiger partial charge in [-0.3, -0.25) is 0 Å². The highest BCUT2D eigenvalue weighted by atomic mass is 14.8. The fraction of sp³-hybridized carbons (Fsp3) is 0.818. The zero-order valence-electron chi connectivity index (χ0n) is 8.02. The summed E-state index contributed by atoms with van der Waals surface area (Å²) >= 11 is 0. The molecule has 0 spiro atoms. The van der Waals surface area contributed by atoms with Crippen LogP contribution < -0.4 is 5.32 Å². The molecule has 1 aliphatic carbocycles. The average molecular weight is 167 g/mol. The standard InChI is InChI=1S/C11H21N/c1-2-9-12-10-11-7-5-3-4-6-8-11/h2,11-12H,1,3-10H2. The molecule has 1 N–H and O–H groups in total. The van der Waals surface area contributed by atoms with Gasteiger partial charge in [-0.1, -0.05) is 31.8 Å². The van der Waals surface area contributed by atoms with Gasteiger partial charge in [0.05, 0.1) is 0 Å². The van der Waals surface area contributed by atoms with Crippen molar-refractivity contribution in [3.05, 3.63) is 12.7 Å². The molecule has 12 heavy (non-hydrogen) atoms. The summed E-state index contributed by atoms with van der Waals surface area (Å²) in [6, 6.07) is 0. The number of nitrogens with one attached hydrogen (secondary N) is 1. The van der Waals surface area contributed by atoms with E-state index in [4.69, 9.17) is 0 Å². The Morgan fingerprint density at radius 3 is 2.42 bits per heavy atom. The van der Waals surface area contributed by atoms with E-state index in [1.54, 1.807) is 0 Å². The zero-order chi connectivity index (χ0) is 8.65. The van der Waals surface area contributed by atoms with E-state index in [0.717, 1.165) is 12.5 Å². The Labute approximate surface area is 76.2 Å². The van der Waals surface area contributed by atoms with Crippen LogP contribution in [0.25, 0.3) is 0 Å². The molecule has 0 radical (unpaired) electrons. The first-order valence-electron chi connectivity index (χ1n) is 5.25. The highest BCUT2D eigenvalue weighted by molar-refractivity contribution is 4.72. The summed E-state index contributed by atoms with van der Waals surface area (Å²) < 4.78 is 0. The normalized spacial score (nSPS) is 20.3. The lowest BCUT2D eigenvalue weighted by Crippen LogP contribution is -2.22. The fourth-order valence-electron chi connectivity index (χ4n) is 1.96. The SMILES string of the molecule is C=CCNCC1CCCCCC1. The zero-order valence-corrected chi connectivity index (χ0v) is 8.02. The van der Waals surface area contributed by atoms with Gasteiger partial charge in [-0.2, -0.15) is 0 Å². The summed E-state index contributed by atoms with van der Waals surface area (Å²) in [5, 5.41) is 3.41. The monoisotopic (exact) mass is 167 g/mol. The first kappa shape index (κ1) is 9.79. The summed E-state index contributed by atoms with van der Waals surface area (Å²) in [5.74, 6) is 0.937. The maximum Gasteiger partial charge on any atom is 0.0132 e. The van der Waals surface area contributed by atoms with Crippen molar-refractivity contribution < 1.29 is 0 Å². The molecule has 0 amide bonds. The molecule has 1 aliphatic rings. The first-order chi connectivity index (χ1) is 5.93. The van der Waals surface area contributed by atoms with Crippen LogP contribution in [0.3, 0.4) is 0 Å². The molecule has 0 aromatic heterocycles. The maximum atomic E-state index is 3.70. The van der Waals surface area contributed by atoms with E-state index in [-0.39, 0.29) is 0 Å². The van der Waals surface area contributed by atoms with E-state index in [1.165, 1.54) is 45.1 Å². The molecule has 1 heteroatoms. The van der Waals surface area contributed by atoms with Crippen LogP contribution in [0.15, 0.2) is 12.7 Å². The van der Waals surface area contributed by atoms with Crippen LogP contribution in [-0.4, -0.2) is 13.1 Å². The Bertz CT molecular complexity index is 112. The lowest BCUT2D eigenvalue weighted by molar-refractivity contribution is 0.435. The fourth-order valence-corrected chi connectivity index (χ4v) is 1.96. The first-order valence-corrected chi connectivity index (χ1v) is 5.25. The second kappa shape index (κ2) is 6.24. The van der Waals surface area contributed by atoms with Crippen molar-refractivity contribution in [3.8, 4) is 0 Å². The Morgan fingerprint density at radius 1 is 1.17 bits per heavy atom. The van der Waals surface area contributed by atoms with E-state index in [9.17, 15) is 0 Å². The van der Waals surface area contributed by atoms with Gasteiger partial charge >= 0.3 is 0 Å². The number of hydrogen-bond acceptors (Lipinski definition) is 1. The predicted molar refractivity (Wildman–Crippen MR) is 54.3 cm³/mol. The molecule has 0 aromatic carbocycles. The van der Waals surface area contributed by atoms with Crippen molar-refractivity contribution in [2.24, 2.45) is 5.92 Å². The van der Waals surface area contributed by atoms with Crippen LogP contribution in [0.2, 0.25) is 0 Å². The minimum Gasteiger partial charge on any atom is -0.313 e. The van der Waals surface area contributed by atoms with Crippen LogP contribution >= 0.6 is 0 Å². The van der Waals surface area contributed by atoms with Crippen molar-refractivity contribution >= 4 is 0 Å². The van der Waals surface area contributed by atoms with Gasteiger partial charge < -0.3 is 5.32 Å². The highest BCUT2D eigenvalue weighted by Crippen LogP contribution is 2.21. The molecular formula is C11H21N. The average Bonchev–Trinajstić information content (AvgIpc) is 2.33. The lowest BCUT2D eigenvalue weighted by Gasteiger charge is -2.13. The van der Waals surface area contributed by atoms with Gasteiger partial charge in [0.15, 0.2) is 0 Å². The Kier molecular flexibility index (Phi) is 5.09. The van der Waals surface area contributed by atoms with Gasteiger partial charge in [0, 0.05) is 6.54 Å². The predicted octanol–water partition coefficient (Wildman–Crippen LogP) is 2.73. The van der Waals surface area contributed by atoms with Gasteiger partial charge in [0.2, 0.25) is 0 Å². The van der Waals surface area contributed by atoms with Gasteiger partial charge in [-0.25, -0.2) is 0 Å². The van der Waals surface area contributed by atoms with Gasteiger partial charge in [-0.05, 0) is 25.3 Å². The van der Waals surface area contributed by atoms with Crippen molar-refractivity contribution in [3.63, 3.8) is 0 Å². The molecule has 0 saturated heterocycles. The molecule has 1 rings (SSSR count). The second-order valence-corrected chi connectivity index (χ2v) is 3.80. The minimum atomic E-state index is 0.937. The lowest BCUT2D eigenvalue weighted by atomic mass is 10.0. The van der Waals surface area contributed by atoms with Crippen molar-refractivity contribution in [1.82, 2.24) is 5.32 Å². The molecule has 0 heterocycles. The maximum absolute atomic E-state index is 3.70. The highest BCUT2D eigenvalue weighted by Gasteiger charge is 2.10. The molecule has 0 bridgehead atoms. The van der Waals surface area contributed by atoms with Crippen molar-refractivity contribution in [1.29, 1.82) is 0 Å². The second-order valence-electron chi connectivity index (χ2n) is 3.80. The summed E-state index contributed by atoms with van der Waals surface area (Å²) in [6.07, 6.45) is 10.6. The van der Waals surface area contributed by atoms with Gasteiger partial charge in [0.25, 0.3) is 0 Å². The van der Waals surface area contributed by atoms with E-state index < -0.39 is 0 Å². The third-order valence-corrected chi connectivity index (χ3v) is 2.70. The molecule has 1 saturated carbocycles. The summed E-state index contributed by atoms with van der Waals surface area (Å²) in [6.45, 7) is 5.87. The smallest absolute Gasteiger partial charge is 0.0132 e. The molecule has 0 atom stereocenters. The summed E-state index contributed by atoms with van der Waals surface area (Å²) in [4.78, 5) is 0. The molecule has 1 fully saturated rings. The van der Waals surface area contributed by atoms with E-state index in [2.05, 4.69) is 11.9 Å². The molecular weight excluding hydrogens is 146 g/mol. The largest absolute Gasteiger partial charge is 0.313 e. The van der Waals surface area contributed by atoms with E-state index in [0.29, 0.717) is 0 Å². The molecule has 0 unspecified atom stereocenters. The summed E-state index contributed by atoms with van der Waals surface area (Å²) in [5.41, 5.74) is 0. The number of hydrogen-bond donors (Lipinski definition) is 1. The van der Waals surface area contributed by atoms with Crippen LogP contribution in [-0.2, 0) is 0 Å². The van der Waals surface area contributed by atoms with E-state index in [1.807, 2.05) is 6.08 Å².